The Bertz CT molecular complexity index is 896. The molecule has 3 aromatic rings. The lowest BCUT2D eigenvalue weighted by atomic mass is 10.2. The highest BCUT2D eigenvalue weighted by atomic mass is 79.9. The standard InChI is InChI=1S/C20H20BrN3O2S/c1-3-12-24-19(17-6-4-5-7-18(17)25-2)22-23-20(24)27-14-13-26-16-10-8-15(21)9-11-16/h3-11H,1,12-14H2,2H3. The van der Waals surface area contributed by atoms with E-state index in [9.17, 15) is 0 Å². The van der Waals surface area contributed by atoms with Gasteiger partial charge in [-0.2, -0.15) is 0 Å². The summed E-state index contributed by atoms with van der Waals surface area (Å²) in [6, 6.07) is 15.6. The molecule has 0 radical (unpaired) electrons. The van der Waals surface area contributed by atoms with E-state index in [0.717, 1.165) is 38.3 Å². The van der Waals surface area contributed by atoms with Gasteiger partial charge < -0.3 is 9.47 Å². The number of benzene rings is 2. The molecule has 0 fully saturated rings. The molecule has 0 aliphatic rings. The molecule has 0 saturated carbocycles. The van der Waals surface area contributed by atoms with E-state index in [-0.39, 0.29) is 0 Å². The third kappa shape index (κ3) is 4.93. The van der Waals surface area contributed by atoms with Crippen LogP contribution in [0.25, 0.3) is 11.4 Å². The van der Waals surface area contributed by atoms with Crippen LogP contribution in [0, 0.1) is 0 Å². The van der Waals surface area contributed by atoms with E-state index in [0.29, 0.717) is 13.2 Å². The van der Waals surface area contributed by atoms with E-state index in [2.05, 4.69) is 32.7 Å². The minimum Gasteiger partial charge on any atom is -0.496 e. The number of thioether (sulfide) groups is 1. The summed E-state index contributed by atoms with van der Waals surface area (Å²) < 4.78 is 14.3. The fourth-order valence-corrected chi connectivity index (χ4v) is 3.57. The first-order valence-corrected chi connectivity index (χ1v) is 10.2. The van der Waals surface area contributed by atoms with Crippen LogP contribution in [0.3, 0.4) is 0 Å². The minimum atomic E-state index is 0.581. The van der Waals surface area contributed by atoms with Crippen LogP contribution in [-0.4, -0.2) is 34.2 Å². The Hall–Kier alpha value is -2.25. The van der Waals surface area contributed by atoms with Gasteiger partial charge in [0.25, 0.3) is 0 Å². The number of rotatable bonds is 9. The molecule has 0 spiro atoms. The maximum atomic E-state index is 5.77. The van der Waals surface area contributed by atoms with Crippen LogP contribution in [0.2, 0.25) is 0 Å². The van der Waals surface area contributed by atoms with Crippen molar-refractivity contribution in [1.82, 2.24) is 14.8 Å². The molecule has 1 aromatic heterocycles. The summed E-state index contributed by atoms with van der Waals surface area (Å²) in [6.07, 6.45) is 1.84. The Morgan fingerprint density at radius 3 is 2.67 bits per heavy atom. The number of aromatic nitrogens is 3. The fraction of sp³-hybridized carbons (Fsp3) is 0.200. The van der Waals surface area contributed by atoms with Crippen molar-refractivity contribution in [2.75, 3.05) is 19.5 Å². The number of hydrogen-bond acceptors (Lipinski definition) is 5. The molecule has 1 heterocycles. The number of hydrogen-bond donors (Lipinski definition) is 0. The zero-order valence-electron chi connectivity index (χ0n) is 15.0. The van der Waals surface area contributed by atoms with Crippen molar-refractivity contribution in [3.63, 3.8) is 0 Å². The zero-order chi connectivity index (χ0) is 19.1. The predicted octanol–water partition coefficient (Wildman–Crippen LogP) is 5.07. The van der Waals surface area contributed by atoms with Gasteiger partial charge in [-0.15, -0.1) is 16.8 Å². The smallest absolute Gasteiger partial charge is 0.191 e. The maximum Gasteiger partial charge on any atom is 0.191 e. The third-order valence-electron chi connectivity index (χ3n) is 3.77. The zero-order valence-corrected chi connectivity index (χ0v) is 17.4. The first-order chi connectivity index (χ1) is 13.2. The molecule has 0 N–H and O–H groups in total. The SMILES string of the molecule is C=CCn1c(SCCOc2ccc(Br)cc2)nnc1-c1ccccc1OC. The van der Waals surface area contributed by atoms with E-state index >= 15 is 0 Å². The van der Waals surface area contributed by atoms with Crippen molar-refractivity contribution >= 4 is 27.7 Å². The van der Waals surface area contributed by atoms with Gasteiger partial charge in [0, 0.05) is 16.8 Å². The molecule has 0 amide bonds. The molecule has 2 aromatic carbocycles. The lowest BCUT2D eigenvalue weighted by Gasteiger charge is -2.11. The van der Waals surface area contributed by atoms with Gasteiger partial charge in [-0.05, 0) is 36.4 Å². The second-order valence-electron chi connectivity index (χ2n) is 5.56. The Morgan fingerprint density at radius 2 is 1.93 bits per heavy atom. The van der Waals surface area contributed by atoms with E-state index in [1.807, 2.05) is 59.2 Å². The number of ether oxygens (including phenoxy) is 2. The normalized spacial score (nSPS) is 10.6. The monoisotopic (exact) mass is 445 g/mol. The summed E-state index contributed by atoms with van der Waals surface area (Å²) in [7, 11) is 1.65. The lowest BCUT2D eigenvalue weighted by Crippen LogP contribution is -2.04. The Labute approximate surface area is 171 Å². The molecule has 0 saturated heterocycles. The minimum absolute atomic E-state index is 0.581. The van der Waals surface area contributed by atoms with Gasteiger partial charge in [0.2, 0.25) is 0 Å². The molecule has 3 rings (SSSR count). The van der Waals surface area contributed by atoms with Gasteiger partial charge in [-0.3, -0.25) is 4.57 Å². The summed E-state index contributed by atoms with van der Waals surface area (Å²) in [6.45, 7) is 5.05. The van der Waals surface area contributed by atoms with Gasteiger partial charge in [0.05, 0.1) is 19.3 Å². The van der Waals surface area contributed by atoms with Crippen LogP contribution < -0.4 is 9.47 Å². The average molecular weight is 446 g/mol. The number of halogens is 1. The van der Waals surface area contributed by atoms with Gasteiger partial charge in [-0.1, -0.05) is 45.9 Å². The van der Waals surface area contributed by atoms with Gasteiger partial charge >= 0.3 is 0 Å². The van der Waals surface area contributed by atoms with Crippen LogP contribution in [-0.2, 0) is 6.54 Å². The van der Waals surface area contributed by atoms with E-state index in [4.69, 9.17) is 9.47 Å². The van der Waals surface area contributed by atoms with Crippen LogP contribution in [0.4, 0.5) is 0 Å². The van der Waals surface area contributed by atoms with Crippen molar-refractivity contribution in [3.05, 3.63) is 65.7 Å². The van der Waals surface area contributed by atoms with Crippen molar-refractivity contribution in [2.24, 2.45) is 0 Å². The maximum absolute atomic E-state index is 5.77. The van der Waals surface area contributed by atoms with Crippen LogP contribution in [0.1, 0.15) is 0 Å². The molecule has 27 heavy (non-hydrogen) atoms. The van der Waals surface area contributed by atoms with Crippen molar-refractivity contribution in [2.45, 2.75) is 11.7 Å². The highest BCUT2D eigenvalue weighted by molar-refractivity contribution is 9.10. The molecular weight excluding hydrogens is 426 g/mol. The number of para-hydroxylation sites is 1. The van der Waals surface area contributed by atoms with Gasteiger partial charge in [0.1, 0.15) is 11.5 Å². The van der Waals surface area contributed by atoms with Crippen LogP contribution >= 0.6 is 27.7 Å². The molecule has 5 nitrogen and oxygen atoms in total. The molecule has 0 aliphatic carbocycles. The van der Waals surface area contributed by atoms with Gasteiger partial charge in [0.15, 0.2) is 11.0 Å². The van der Waals surface area contributed by atoms with Crippen molar-refractivity contribution in [1.29, 1.82) is 0 Å². The molecule has 140 valence electrons. The van der Waals surface area contributed by atoms with Crippen LogP contribution in [0.15, 0.2) is 70.8 Å². The Morgan fingerprint density at radius 1 is 1.15 bits per heavy atom. The highest BCUT2D eigenvalue weighted by Gasteiger charge is 2.16. The molecule has 0 aliphatic heterocycles. The first kappa shape index (κ1) is 19.5. The van der Waals surface area contributed by atoms with E-state index in [1.54, 1.807) is 18.9 Å². The van der Waals surface area contributed by atoms with E-state index in [1.165, 1.54) is 0 Å². The summed E-state index contributed by atoms with van der Waals surface area (Å²) in [5, 5.41) is 9.56. The van der Waals surface area contributed by atoms with Crippen molar-refractivity contribution in [3.8, 4) is 22.9 Å². The molecular formula is C20H20BrN3O2S. The second-order valence-corrected chi connectivity index (χ2v) is 7.53. The highest BCUT2D eigenvalue weighted by Crippen LogP contribution is 2.30. The van der Waals surface area contributed by atoms with Gasteiger partial charge in [-0.25, -0.2) is 0 Å². The van der Waals surface area contributed by atoms with Crippen LogP contribution in [0.5, 0.6) is 11.5 Å². The number of nitrogens with zero attached hydrogens (tertiary/aromatic N) is 3. The quantitative estimate of drug-likeness (QED) is 0.261. The molecule has 0 bridgehead atoms. The average Bonchev–Trinajstić information content (AvgIpc) is 3.09. The molecule has 0 unspecified atom stereocenters. The Balaban J connectivity index is 1.69. The number of allylic oxidation sites excluding steroid dienone is 1. The second kappa shape index (κ2) is 9.62. The third-order valence-corrected chi connectivity index (χ3v) is 5.23. The van der Waals surface area contributed by atoms with Crippen molar-refractivity contribution < 1.29 is 9.47 Å². The molecule has 7 heteroatoms. The summed E-state index contributed by atoms with van der Waals surface area (Å²) in [5.41, 5.74) is 0.910. The van der Waals surface area contributed by atoms with E-state index < -0.39 is 0 Å². The molecule has 0 atom stereocenters. The lowest BCUT2D eigenvalue weighted by molar-refractivity contribution is 0.343. The number of methoxy groups -OCH3 is 1. The largest absolute Gasteiger partial charge is 0.496 e. The summed E-state index contributed by atoms with van der Waals surface area (Å²) >= 11 is 5.02. The summed E-state index contributed by atoms with van der Waals surface area (Å²) in [4.78, 5) is 0. The predicted molar refractivity (Wildman–Crippen MR) is 113 cm³/mol. The summed E-state index contributed by atoms with van der Waals surface area (Å²) in [5.74, 6) is 3.15. The first-order valence-electron chi connectivity index (χ1n) is 8.41. The fourth-order valence-electron chi connectivity index (χ4n) is 2.54. The topological polar surface area (TPSA) is 49.2 Å². The Kier molecular flexibility index (Phi) is 6.95.